The standard InChI is InChI=1S/C16H27N3OS/c1-16(2,3)14-13(21-10-18-14)15(20)19-12(9-17)11-7-5-4-6-8-11/h10-12H,4-9,17H2,1-3H3,(H,19,20). The first-order valence-electron chi connectivity index (χ1n) is 7.88. The molecule has 1 aliphatic carbocycles. The summed E-state index contributed by atoms with van der Waals surface area (Å²) < 4.78 is 0. The van der Waals surface area contributed by atoms with Gasteiger partial charge in [-0.3, -0.25) is 4.79 Å². The van der Waals surface area contributed by atoms with Gasteiger partial charge in [0, 0.05) is 18.0 Å². The van der Waals surface area contributed by atoms with Crippen molar-refractivity contribution in [1.82, 2.24) is 10.3 Å². The Morgan fingerprint density at radius 3 is 2.67 bits per heavy atom. The lowest BCUT2D eigenvalue weighted by molar-refractivity contribution is 0.0917. The van der Waals surface area contributed by atoms with Crippen molar-refractivity contribution in [1.29, 1.82) is 0 Å². The number of hydrogen-bond donors (Lipinski definition) is 2. The third-order valence-corrected chi connectivity index (χ3v) is 5.10. The molecule has 5 heteroatoms. The molecule has 2 rings (SSSR count). The van der Waals surface area contributed by atoms with Crippen LogP contribution in [0.15, 0.2) is 5.51 Å². The monoisotopic (exact) mass is 309 g/mol. The van der Waals surface area contributed by atoms with E-state index in [0.717, 1.165) is 10.6 Å². The van der Waals surface area contributed by atoms with Crippen LogP contribution in [0.5, 0.6) is 0 Å². The van der Waals surface area contributed by atoms with Crippen molar-refractivity contribution in [2.45, 2.75) is 64.3 Å². The van der Waals surface area contributed by atoms with Gasteiger partial charge in [-0.25, -0.2) is 4.98 Å². The average molecular weight is 309 g/mol. The predicted molar refractivity (Wildman–Crippen MR) is 87.7 cm³/mol. The van der Waals surface area contributed by atoms with E-state index in [-0.39, 0.29) is 17.4 Å². The maximum atomic E-state index is 12.6. The third kappa shape index (κ3) is 4.04. The SMILES string of the molecule is CC(C)(C)c1ncsc1C(=O)NC(CN)C1CCCCC1. The molecule has 21 heavy (non-hydrogen) atoms. The highest BCUT2D eigenvalue weighted by molar-refractivity contribution is 7.11. The van der Waals surface area contributed by atoms with E-state index in [2.05, 4.69) is 31.1 Å². The number of thiazole rings is 1. The zero-order valence-corrected chi connectivity index (χ0v) is 14.1. The van der Waals surface area contributed by atoms with Gasteiger partial charge in [-0.2, -0.15) is 0 Å². The topological polar surface area (TPSA) is 68.0 Å². The minimum Gasteiger partial charge on any atom is -0.347 e. The first kappa shape index (κ1) is 16.4. The highest BCUT2D eigenvalue weighted by atomic mass is 32.1. The lowest BCUT2D eigenvalue weighted by atomic mass is 9.83. The van der Waals surface area contributed by atoms with Crippen LogP contribution in [0.2, 0.25) is 0 Å². The van der Waals surface area contributed by atoms with Gasteiger partial charge in [0.2, 0.25) is 0 Å². The smallest absolute Gasteiger partial charge is 0.263 e. The summed E-state index contributed by atoms with van der Waals surface area (Å²) in [7, 11) is 0. The summed E-state index contributed by atoms with van der Waals surface area (Å²) in [6.07, 6.45) is 6.17. The van der Waals surface area contributed by atoms with Crippen molar-refractivity contribution in [3.8, 4) is 0 Å². The van der Waals surface area contributed by atoms with Gasteiger partial charge in [0.25, 0.3) is 5.91 Å². The number of nitrogens with one attached hydrogen (secondary N) is 1. The van der Waals surface area contributed by atoms with Gasteiger partial charge in [-0.05, 0) is 18.8 Å². The summed E-state index contributed by atoms with van der Waals surface area (Å²) in [4.78, 5) is 17.7. The lowest BCUT2D eigenvalue weighted by Crippen LogP contribution is -2.46. The van der Waals surface area contributed by atoms with Gasteiger partial charge >= 0.3 is 0 Å². The number of amides is 1. The molecule has 0 radical (unpaired) electrons. The van der Waals surface area contributed by atoms with Gasteiger partial charge in [0.05, 0.1) is 11.2 Å². The van der Waals surface area contributed by atoms with Crippen molar-refractivity contribution in [3.05, 3.63) is 16.1 Å². The second-order valence-corrected chi connectivity index (χ2v) is 7.85. The van der Waals surface area contributed by atoms with Crippen LogP contribution in [0.3, 0.4) is 0 Å². The van der Waals surface area contributed by atoms with E-state index < -0.39 is 0 Å². The number of nitrogens with two attached hydrogens (primary N) is 1. The van der Waals surface area contributed by atoms with Crippen LogP contribution < -0.4 is 11.1 Å². The molecule has 1 fully saturated rings. The number of aromatic nitrogens is 1. The van der Waals surface area contributed by atoms with Crippen LogP contribution in [0.4, 0.5) is 0 Å². The van der Waals surface area contributed by atoms with Crippen LogP contribution in [0.1, 0.15) is 68.2 Å². The summed E-state index contributed by atoms with van der Waals surface area (Å²) in [5, 5.41) is 3.16. The van der Waals surface area contributed by atoms with E-state index in [0.29, 0.717) is 12.5 Å². The molecule has 3 N–H and O–H groups in total. The van der Waals surface area contributed by atoms with Crippen molar-refractivity contribution < 1.29 is 4.79 Å². The maximum Gasteiger partial charge on any atom is 0.263 e. The highest BCUT2D eigenvalue weighted by Crippen LogP contribution is 2.29. The van der Waals surface area contributed by atoms with E-state index >= 15 is 0 Å². The van der Waals surface area contributed by atoms with Crippen LogP contribution in [0.25, 0.3) is 0 Å². The third-order valence-electron chi connectivity index (χ3n) is 4.27. The molecule has 1 saturated carbocycles. The lowest BCUT2D eigenvalue weighted by Gasteiger charge is -2.30. The second kappa shape index (κ2) is 6.88. The summed E-state index contributed by atoms with van der Waals surface area (Å²) in [6.45, 7) is 6.77. The Labute approximate surface area is 131 Å². The number of carbonyl (C=O) groups is 1. The largest absolute Gasteiger partial charge is 0.347 e. The number of nitrogens with zero attached hydrogens (tertiary/aromatic N) is 1. The van der Waals surface area contributed by atoms with Crippen LogP contribution in [-0.2, 0) is 5.41 Å². The zero-order chi connectivity index (χ0) is 15.5. The molecule has 0 bridgehead atoms. The Morgan fingerprint density at radius 2 is 2.10 bits per heavy atom. The zero-order valence-electron chi connectivity index (χ0n) is 13.3. The Morgan fingerprint density at radius 1 is 1.43 bits per heavy atom. The van der Waals surface area contributed by atoms with Gasteiger partial charge in [-0.15, -0.1) is 11.3 Å². The average Bonchev–Trinajstić information content (AvgIpc) is 2.95. The first-order valence-corrected chi connectivity index (χ1v) is 8.76. The van der Waals surface area contributed by atoms with E-state index in [9.17, 15) is 4.79 Å². The molecule has 118 valence electrons. The van der Waals surface area contributed by atoms with Gasteiger partial charge in [0.15, 0.2) is 0 Å². The van der Waals surface area contributed by atoms with Crippen LogP contribution in [0, 0.1) is 5.92 Å². The molecular weight excluding hydrogens is 282 g/mol. The summed E-state index contributed by atoms with van der Waals surface area (Å²) >= 11 is 1.42. The molecule has 1 heterocycles. The first-order chi connectivity index (χ1) is 9.93. The highest BCUT2D eigenvalue weighted by Gasteiger charge is 2.28. The van der Waals surface area contributed by atoms with E-state index in [1.54, 1.807) is 5.51 Å². The predicted octanol–water partition coefficient (Wildman–Crippen LogP) is 3.08. The quantitative estimate of drug-likeness (QED) is 0.898. The minimum atomic E-state index is -0.115. The fourth-order valence-corrected chi connectivity index (χ4v) is 3.98. The minimum absolute atomic E-state index is 0.0107. The summed E-state index contributed by atoms with van der Waals surface area (Å²) in [5.41, 5.74) is 8.42. The van der Waals surface area contributed by atoms with Gasteiger partial charge in [-0.1, -0.05) is 40.0 Å². The Bertz CT molecular complexity index is 472. The second-order valence-electron chi connectivity index (χ2n) is 6.99. The normalized spacial score (nSPS) is 18.5. The molecule has 1 aliphatic rings. The molecular formula is C16H27N3OS. The fraction of sp³-hybridized carbons (Fsp3) is 0.750. The van der Waals surface area contributed by atoms with Gasteiger partial charge in [0.1, 0.15) is 4.88 Å². The molecule has 1 atom stereocenters. The van der Waals surface area contributed by atoms with Crippen molar-refractivity contribution in [3.63, 3.8) is 0 Å². The molecule has 0 spiro atoms. The van der Waals surface area contributed by atoms with E-state index in [1.807, 2.05) is 0 Å². The number of rotatable bonds is 4. The molecule has 0 aliphatic heterocycles. The fourth-order valence-electron chi connectivity index (χ4n) is 3.08. The van der Waals surface area contributed by atoms with E-state index in [4.69, 9.17) is 5.73 Å². The molecule has 0 aromatic carbocycles. The van der Waals surface area contributed by atoms with Crippen molar-refractivity contribution in [2.24, 2.45) is 11.7 Å². The molecule has 1 unspecified atom stereocenters. The molecule has 0 saturated heterocycles. The molecule has 1 amide bonds. The summed E-state index contributed by atoms with van der Waals surface area (Å²) in [6, 6.07) is 0.0905. The Kier molecular flexibility index (Phi) is 5.38. The van der Waals surface area contributed by atoms with E-state index in [1.165, 1.54) is 43.4 Å². The summed E-state index contributed by atoms with van der Waals surface area (Å²) in [5.74, 6) is 0.516. The number of hydrogen-bond acceptors (Lipinski definition) is 4. The molecule has 1 aromatic heterocycles. The molecule has 4 nitrogen and oxygen atoms in total. The van der Waals surface area contributed by atoms with Crippen molar-refractivity contribution >= 4 is 17.2 Å². The van der Waals surface area contributed by atoms with Crippen molar-refractivity contribution in [2.75, 3.05) is 6.54 Å². The number of carbonyl (C=O) groups excluding carboxylic acids is 1. The van der Waals surface area contributed by atoms with Crippen LogP contribution >= 0.6 is 11.3 Å². The molecule has 1 aromatic rings. The Balaban J connectivity index is 2.07. The van der Waals surface area contributed by atoms with Gasteiger partial charge < -0.3 is 11.1 Å². The Hall–Kier alpha value is -0.940. The maximum absolute atomic E-state index is 12.6. The van der Waals surface area contributed by atoms with Crippen LogP contribution in [-0.4, -0.2) is 23.5 Å².